The fourth-order valence-electron chi connectivity index (χ4n) is 1.93. The van der Waals surface area contributed by atoms with Gasteiger partial charge < -0.3 is 18.9 Å². The van der Waals surface area contributed by atoms with Crippen LogP contribution in [0, 0.1) is 0 Å². The van der Waals surface area contributed by atoms with E-state index >= 15 is 0 Å². The van der Waals surface area contributed by atoms with E-state index in [0.29, 0.717) is 0 Å². The van der Waals surface area contributed by atoms with Crippen LogP contribution < -0.4 is 9.47 Å². The lowest BCUT2D eigenvalue weighted by molar-refractivity contribution is -0.170. The van der Waals surface area contributed by atoms with Gasteiger partial charge in [-0.15, -0.1) is 4.98 Å². The van der Waals surface area contributed by atoms with Crippen LogP contribution in [0.2, 0.25) is 0 Å². The van der Waals surface area contributed by atoms with Gasteiger partial charge in [-0.1, -0.05) is 0 Å². The Kier molecular flexibility index (Phi) is 8.49. The fourth-order valence-corrected chi connectivity index (χ4v) is 1.93. The van der Waals surface area contributed by atoms with Crippen molar-refractivity contribution in [2.24, 2.45) is 0 Å². The van der Waals surface area contributed by atoms with Gasteiger partial charge in [0, 0.05) is 0 Å². The van der Waals surface area contributed by atoms with Gasteiger partial charge in [0.25, 0.3) is 0 Å². The summed E-state index contributed by atoms with van der Waals surface area (Å²) in [5.74, 6) is -5.52. The van der Waals surface area contributed by atoms with E-state index in [1.807, 2.05) is 0 Å². The number of esters is 2. The van der Waals surface area contributed by atoms with Crippen molar-refractivity contribution < 1.29 is 54.9 Å². The molecule has 9 nitrogen and oxygen atoms in total. The number of nitrogens with zero attached hydrogens (tertiary/aromatic N) is 3. The fraction of sp³-hybridized carbons (Fsp3) is 0.722. The molecule has 0 radical (unpaired) electrons. The SMILES string of the molecule is CC(C)(C)OC(=O)C(C(=O)OC(C)(C)C)c1nc(OCC(F)(F)F)nc(OCC(F)(F)F)n1. The summed E-state index contributed by atoms with van der Waals surface area (Å²) in [6.45, 7) is 4.92. The molecule has 0 spiro atoms. The molecule has 0 amide bonds. The van der Waals surface area contributed by atoms with Crippen LogP contribution >= 0.6 is 0 Å². The first-order valence-electron chi connectivity index (χ1n) is 9.26. The van der Waals surface area contributed by atoms with Gasteiger partial charge >= 0.3 is 36.3 Å². The normalized spacial score (nSPS) is 13.0. The molecule has 0 aromatic carbocycles. The van der Waals surface area contributed by atoms with E-state index in [9.17, 15) is 35.9 Å². The summed E-state index contributed by atoms with van der Waals surface area (Å²) < 4.78 is 94.0. The van der Waals surface area contributed by atoms with Crippen molar-refractivity contribution in [3.05, 3.63) is 5.82 Å². The summed E-state index contributed by atoms with van der Waals surface area (Å²) in [6, 6.07) is -2.27. The van der Waals surface area contributed by atoms with Crippen LogP contribution in [0.15, 0.2) is 0 Å². The van der Waals surface area contributed by atoms with E-state index in [0.717, 1.165) is 0 Å². The number of hydrogen-bond donors (Lipinski definition) is 0. The van der Waals surface area contributed by atoms with E-state index in [2.05, 4.69) is 24.4 Å². The highest BCUT2D eigenvalue weighted by molar-refractivity contribution is 6.00. The van der Waals surface area contributed by atoms with Gasteiger partial charge in [0.15, 0.2) is 19.0 Å². The van der Waals surface area contributed by atoms with Crippen LogP contribution in [0.5, 0.6) is 12.0 Å². The molecule has 0 bridgehead atoms. The summed E-state index contributed by atoms with van der Waals surface area (Å²) in [6.07, 6.45) is -9.70. The molecule has 0 saturated carbocycles. The second-order valence-corrected chi connectivity index (χ2v) is 8.57. The number of halogens is 6. The van der Waals surface area contributed by atoms with Crippen molar-refractivity contribution in [1.82, 2.24) is 15.0 Å². The molecule has 1 aromatic rings. The van der Waals surface area contributed by atoms with Crippen LogP contribution in [0.25, 0.3) is 0 Å². The topological polar surface area (TPSA) is 110 Å². The number of carbonyl (C=O) groups excluding carboxylic acids is 2. The Bertz CT molecular complexity index is 782. The smallest absolute Gasteiger partial charge is 0.422 e. The minimum atomic E-state index is -4.85. The highest BCUT2D eigenvalue weighted by atomic mass is 19.4. The van der Waals surface area contributed by atoms with Crippen molar-refractivity contribution in [1.29, 1.82) is 0 Å². The Morgan fingerprint density at radius 2 is 1.03 bits per heavy atom. The molecule has 0 unspecified atom stereocenters. The van der Waals surface area contributed by atoms with Gasteiger partial charge in [0.05, 0.1) is 0 Å². The van der Waals surface area contributed by atoms with E-state index in [1.54, 1.807) is 0 Å². The molecule has 1 rings (SSSR count). The Hall–Kier alpha value is -2.87. The largest absolute Gasteiger partial charge is 0.459 e. The summed E-state index contributed by atoms with van der Waals surface area (Å²) in [5, 5.41) is 0. The zero-order valence-electron chi connectivity index (χ0n) is 18.6. The van der Waals surface area contributed by atoms with Gasteiger partial charge in [-0.25, -0.2) is 0 Å². The molecule has 0 aliphatic heterocycles. The maximum Gasteiger partial charge on any atom is 0.422 e. The zero-order chi connectivity index (χ0) is 25.8. The van der Waals surface area contributed by atoms with Gasteiger partial charge in [-0.2, -0.15) is 36.3 Å². The van der Waals surface area contributed by atoms with Crippen molar-refractivity contribution in [3.63, 3.8) is 0 Å². The molecule has 0 N–H and O–H groups in total. The Labute approximate surface area is 184 Å². The predicted molar refractivity (Wildman–Crippen MR) is 97.4 cm³/mol. The van der Waals surface area contributed by atoms with Gasteiger partial charge in [-0.05, 0) is 41.5 Å². The van der Waals surface area contributed by atoms with Crippen LogP contribution in [0.4, 0.5) is 26.3 Å². The monoisotopic (exact) mass is 491 g/mol. The average Bonchev–Trinajstić information content (AvgIpc) is 2.54. The Morgan fingerprint density at radius 1 is 0.697 bits per heavy atom. The molecule has 0 fully saturated rings. The second-order valence-electron chi connectivity index (χ2n) is 8.57. The first-order chi connectivity index (χ1) is 14.7. The molecular formula is C18H23F6N3O6. The Balaban J connectivity index is 3.49. The molecule has 1 heterocycles. The van der Waals surface area contributed by atoms with E-state index in [1.165, 1.54) is 41.5 Å². The lowest BCUT2D eigenvalue weighted by Crippen LogP contribution is -2.36. The molecule has 0 atom stereocenters. The minimum Gasteiger partial charge on any atom is -0.459 e. The molecule has 0 saturated heterocycles. The third-order valence-electron chi connectivity index (χ3n) is 2.88. The summed E-state index contributed by atoms with van der Waals surface area (Å²) in [7, 11) is 0. The summed E-state index contributed by atoms with van der Waals surface area (Å²) in [5.41, 5.74) is -2.26. The summed E-state index contributed by atoms with van der Waals surface area (Å²) >= 11 is 0. The minimum absolute atomic E-state index is 0.886. The maximum atomic E-state index is 12.7. The number of ether oxygens (including phenoxy) is 4. The number of aromatic nitrogens is 3. The van der Waals surface area contributed by atoms with Crippen molar-refractivity contribution in [2.45, 2.75) is 71.0 Å². The standard InChI is InChI=1S/C18H23F6N3O6/c1-15(2,3)32-11(28)9(12(29)33-16(4,5)6)10-25-13(30-7-17(19,20)21)27-14(26-10)31-8-18(22,23)24/h9H,7-8H2,1-6H3. The predicted octanol–water partition coefficient (Wildman–Crippen LogP) is 3.52. The quantitative estimate of drug-likeness (QED) is 0.321. The first kappa shape index (κ1) is 28.2. The van der Waals surface area contributed by atoms with E-state index in [-0.39, 0.29) is 0 Å². The van der Waals surface area contributed by atoms with E-state index in [4.69, 9.17) is 9.47 Å². The van der Waals surface area contributed by atoms with Crippen LogP contribution in [0.3, 0.4) is 0 Å². The van der Waals surface area contributed by atoms with Crippen LogP contribution in [0.1, 0.15) is 53.3 Å². The zero-order valence-corrected chi connectivity index (χ0v) is 18.6. The van der Waals surface area contributed by atoms with Crippen molar-refractivity contribution >= 4 is 11.9 Å². The van der Waals surface area contributed by atoms with Crippen LogP contribution in [-0.2, 0) is 19.1 Å². The average molecular weight is 491 g/mol. The maximum absolute atomic E-state index is 12.7. The molecule has 15 heteroatoms. The second kappa shape index (κ2) is 9.95. The van der Waals surface area contributed by atoms with Gasteiger partial charge in [0.2, 0.25) is 5.92 Å². The number of hydrogen-bond acceptors (Lipinski definition) is 9. The molecule has 0 aliphatic carbocycles. The molecular weight excluding hydrogens is 468 g/mol. The molecule has 188 valence electrons. The Morgan fingerprint density at radius 3 is 1.30 bits per heavy atom. The molecule has 1 aromatic heterocycles. The summed E-state index contributed by atoms with van der Waals surface area (Å²) in [4.78, 5) is 35.5. The van der Waals surface area contributed by atoms with Crippen molar-refractivity contribution in [3.8, 4) is 12.0 Å². The highest BCUT2D eigenvalue weighted by Crippen LogP contribution is 2.26. The van der Waals surface area contributed by atoms with Gasteiger partial charge in [0.1, 0.15) is 11.2 Å². The van der Waals surface area contributed by atoms with Crippen molar-refractivity contribution in [2.75, 3.05) is 13.2 Å². The lowest BCUT2D eigenvalue weighted by atomic mass is 10.1. The lowest BCUT2D eigenvalue weighted by Gasteiger charge is -2.25. The first-order valence-corrected chi connectivity index (χ1v) is 9.26. The van der Waals surface area contributed by atoms with Gasteiger partial charge in [-0.3, -0.25) is 9.59 Å². The number of rotatable bonds is 7. The molecule has 0 aliphatic rings. The number of alkyl halides is 6. The van der Waals surface area contributed by atoms with Crippen LogP contribution in [-0.4, -0.2) is 63.7 Å². The third kappa shape index (κ3) is 11.5. The molecule has 33 heavy (non-hydrogen) atoms. The highest BCUT2D eigenvalue weighted by Gasteiger charge is 2.40. The third-order valence-corrected chi connectivity index (χ3v) is 2.88. The number of carbonyl (C=O) groups is 2. The van der Waals surface area contributed by atoms with E-state index < -0.39 is 72.5 Å².